The van der Waals surface area contributed by atoms with Crippen LogP contribution in [0.15, 0.2) is 322 Å². The van der Waals surface area contributed by atoms with Gasteiger partial charge >= 0.3 is 0 Å². The third-order valence-electron chi connectivity index (χ3n) is 22.5. The second-order valence-corrected chi connectivity index (χ2v) is 32.0. The summed E-state index contributed by atoms with van der Waals surface area (Å²) in [6, 6.07) is 123. The van der Waals surface area contributed by atoms with Gasteiger partial charge in [0.2, 0.25) is 0 Å². The summed E-state index contributed by atoms with van der Waals surface area (Å²) in [4.78, 5) is 5.40. The molecule has 0 aliphatic carbocycles. The van der Waals surface area contributed by atoms with Gasteiger partial charge in [-0.25, -0.2) is 0 Å². The van der Waals surface area contributed by atoms with Gasteiger partial charge in [-0.15, -0.1) is 0 Å². The largest absolute Gasteiger partial charge is 0.310 e. The van der Waals surface area contributed by atoms with E-state index in [9.17, 15) is 0 Å². The molecule has 19 rings (SSSR count). The predicted molar refractivity (Wildman–Crippen MR) is 447 cm³/mol. The van der Waals surface area contributed by atoms with E-state index in [1.807, 2.05) is 0 Å². The zero-order chi connectivity index (χ0) is 70.5. The molecule has 0 saturated carbocycles. The third kappa shape index (κ3) is 10.2. The molecule has 0 saturated heterocycles. The van der Waals surface area contributed by atoms with E-state index < -0.39 is 0 Å². The van der Waals surface area contributed by atoms with Gasteiger partial charge in [0.1, 0.15) is 0 Å². The molecule has 0 unspecified atom stereocenters. The number of nitrogens with zero attached hydrogens (tertiary/aromatic N) is 3. The number of aromatic nitrogens is 1. The average Bonchev–Trinajstić information content (AvgIpc) is 1.23. The molecule has 3 heterocycles. The first kappa shape index (κ1) is 63.0. The third-order valence-corrected chi connectivity index (χ3v) is 22.5. The Morgan fingerprint density at radius 1 is 0.250 bits per heavy atom. The Bertz CT molecular complexity index is 6100. The Morgan fingerprint density at radius 2 is 0.692 bits per heavy atom. The number of anilines is 6. The summed E-state index contributed by atoms with van der Waals surface area (Å²) in [5, 5.41) is 10.2. The quantitative estimate of drug-likeness (QED) is 0.105. The molecule has 16 aromatic carbocycles. The molecule has 2 aliphatic heterocycles. The van der Waals surface area contributed by atoms with Crippen LogP contribution in [0, 0.1) is 0 Å². The first-order valence-electron chi connectivity index (χ1n) is 36.9. The molecule has 1 aromatic heterocycles. The van der Waals surface area contributed by atoms with Crippen LogP contribution in [0.25, 0.3) is 127 Å². The average molecular weight is 1330 g/mol. The van der Waals surface area contributed by atoms with Gasteiger partial charge in [0.05, 0.1) is 22.4 Å². The minimum Gasteiger partial charge on any atom is -0.310 e. The normalized spacial score (nSPS) is 13.0. The van der Waals surface area contributed by atoms with Crippen molar-refractivity contribution < 1.29 is 0 Å². The maximum atomic E-state index is 2.71. The lowest BCUT2D eigenvalue weighted by Gasteiger charge is -2.46. The van der Waals surface area contributed by atoms with E-state index in [0.29, 0.717) is 0 Å². The molecule has 17 aromatic rings. The van der Waals surface area contributed by atoms with Crippen molar-refractivity contribution in [1.29, 1.82) is 0 Å². The number of rotatable bonds is 9. The van der Waals surface area contributed by atoms with Crippen LogP contribution in [0.2, 0.25) is 0 Å². The maximum Gasteiger partial charge on any atom is 0.252 e. The number of hydrogen-bond donors (Lipinski definition) is 0. The summed E-state index contributed by atoms with van der Waals surface area (Å²) in [7, 11) is 0. The molecule has 0 fully saturated rings. The molecule has 0 bridgehead atoms. The number of hydrogen-bond acceptors (Lipinski definition) is 2. The highest BCUT2D eigenvalue weighted by atomic mass is 15.2. The molecule has 3 nitrogen and oxygen atoms in total. The Hall–Kier alpha value is -12.0. The highest BCUT2D eigenvalue weighted by Gasteiger charge is 2.46. The zero-order valence-electron chi connectivity index (χ0n) is 60.5. The van der Waals surface area contributed by atoms with E-state index in [0.717, 1.165) is 95.4 Å². The van der Waals surface area contributed by atoms with E-state index in [4.69, 9.17) is 0 Å². The smallest absolute Gasteiger partial charge is 0.252 e. The summed E-state index contributed by atoms with van der Waals surface area (Å²) in [5.41, 5.74) is 31.5. The van der Waals surface area contributed by atoms with Crippen LogP contribution in [0.1, 0.15) is 79.0 Å². The van der Waals surface area contributed by atoms with Crippen molar-refractivity contribution in [1.82, 2.24) is 4.57 Å². The van der Waals surface area contributed by atoms with Crippen LogP contribution in [-0.2, 0) is 16.2 Å². The number of benzene rings is 16. The monoisotopic (exact) mass is 1330 g/mol. The van der Waals surface area contributed by atoms with Crippen molar-refractivity contribution in [2.24, 2.45) is 0 Å². The van der Waals surface area contributed by atoms with E-state index >= 15 is 0 Å². The van der Waals surface area contributed by atoms with Crippen LogP contribution in [0.3, 0.4) is 0 Å². The fraction of sp³-hybridized carbons (Fsp3) is 0.120. The number of fused-ring (bicyclic) bond motifs is 7. The number of para-hydroxylation sites is 4. The summed E-state index contributed by atoms with van der Waals surface area (Å²) in [6.45, 7) is 20.8. The fourth-order valence-electron chi connectivity index (χ4n) is 17.3. The fourth-order valence-corrected chi connectivity index (χ4v) is 17.3. The van der Waals surface area contributed by atoms with Gasteiger partial charge in [0.25, 0.3) is 6.71 Å². The summed E-state index contributed by atoms with van der Waals surface area (Å²) < 4.78 is 2.50. The maximum absolute atomic E-state index is 2.71. The van der Waals surface area contributed by atoms with Gasteiger partial charge < -0.3 is 14.4 Å². The van der Waals surface area contributed by atoms with Crippen molar-refractivity contribution in [3.63, 3.8) is 0 Å². The second kappa shape index (κ2) is 23.8. The van der Waals surface area contributed by atoms with Gasteiger partial charge in [-0.2, -0.15) is 0 Å². The lowest BCUT2D eigenvalue weighted by atomic mass is 9.33. The highest BCUT2D eigenvalue weighted by Crippen LogP contribution is 2.55. The molecule has 0 amide bonds. The molecule has 0 radical (unpaired) electrons. The summed E-state index contributed by atoms with van der Waals surface area (Å²) in [6.07, 6.45) is 0. The van der Waals surface area contributed by atoms with Gasteiger partial charge in [-0.1, -0.05) is 329 Å². The minimum absolute atomic E-state index is 0.0489. The van der Waals surface area contributed by atoms with Gasteiger partial charge in [0.15, 0.2) is 0 Å². The van der Waals surface area contributed by atoms with Gasteiger partial charge in [-0.05, 0) is 181 Å². The lowest BCUT2D eigenvalue weighted by molar-refractivity contribution is 0.590. The molecule has 0 atom stereocenters. The predicted octanol–water partition coefficient (Wildman–Crippen LogP) is 25.7. The lowest BCUT2D eigenvalue weighted by Crippen LogP contribution is -2.61. The standard InChI is InChI=1S/C100H80BN3/c1-98(2,3)73-49-46-63(47-50-73)71-59-91-95-92(60-71)104(97-79(66-32-18-12-19-33-66)40-27-41-80(97)67-34-20-13-21-35-67)90-62-76(102-87-42-24-22-36-81(87)82-37-23-25-43-88(82)102)51-52-85(90)101(95)86-58-68(48-53-89(86)103(91)96-77(64-28-14-10-15-29-64)38-26-39-78(96)65-30-16-11-17-31-65)83-57-72-56-74(99(4,5)6)54-69-44-45-70-55-75(100(7,8)9)61-84(83)94(70)93(69)72/h10-62H,1-9H3. The Kier molecular flexibility index (Phi) is 14.4. The molecular formula is C100H80BN3. The molecular weight excluding hydrogens is 1250 g/mol. The first-order chi connectivity index (χ1) is 50.5. The van der Waals surface area contributed by atoms with Crippen molar-refractivity contribution in [2.75, 3.05) is 9.80 Å². The topological polar surface area (TPSA) is 11.4 Å². The second-order valence-electron chi connectivity index (χ2n) is 32.0. The highest BCUT2D eigenvalue weighted by molar-refractivity contribution is 7.00. The van der Waals surface area contributed by atoms with Crippen LogP contribution in [-0.4, -0.2) is 11.3 Å². The molecule has 2 aliphatic rings. The van der Waals surface area contributed by atoms with Crippen LogP contribution in [0.5, 0.6) is 0 Å². The summed E-state index contributed by atoms with van der Waals surface area (Å²) in [5.74, 6) is 0. The Morgan fingerprint density at radius 3 is 1.19 bits per heavy atom. The molecule has 0 spiro atoms. The van der Waals surface area contributed by atoms with E-state index in [-0.39, 0.29) is 23.0 Å². The van der Waals surface area contributed by atoms with Crippen LogP contribution in [0.4, 0.5) is 34.1 Å². The molecule has 498 valence electrons. The molecule has 4 heteroatoms. The van der Waals surface area contributed by atoms with Crippen LogP contribution >= 0.6 is 0 Å². The first-order valence-corrected chi connectivity index (χ1v) is 36.9. The van der Waals surface area contributed by atoms with Crippen molar-refractivity contribution >= 4 is 111 Å². The van der Waals surface area contributed by atoms with Gasteiger partial charge in [0, 0.05) is 61.5 Å². The molecule has 0 N–H and O–H groups in total. The Labute approximate surface area is 611 Å². The van der Waals surface area contributed by atoms with Crippen molar-refractivity contribution in [3.05, 3.63) is 338 Å². The van der Waals surface area contributed by atoms with E-state index in [1.54, 1.807) is 0 Å². The Balaban J connectivity index is 0.999. The summed E-state index contributed by atoms with van der Waals surface area (Å²) >= 11 is 0. The van der Waals surface area contributed by atoms with E-state index in [1.165, 1.54) is 98.3 Å². The SMILES string of the molecule is CC(C)(C)c1ccc(-c2cc3c4c(c2)N(c2c(-c5ccccc5)cccc2-c2ccccc2)c2cc(-n5c6ccccc6c6ccccc65)ccc2B4c2cc(-c4cc5cc(C(C)(C)C)cc6ccc7cc(C(C)(C)C)cc4c7c65)ccc2N3c2c(-c3ccccc3)cccc2-c2ccccc2)cc1. The van der Waals surface area contributed by atoms with Gasteiger partial charge in [-0.3, -0.25) is 0 Å². The molecule has 104 heavy (non-hydrogen) atoms. The van der Waals surface area contributed by atoms with Crippen LogP contribution < -0.4 is 26.2 Å². The zero-order valence-corrected chi connectivity index (χ0v) is 60.5. The minimum atomic E-state index is -0.275. The van der Waals surface area contributed by atoms with Crippen molar-refractivity contribution in [3.8, 4) is 72.4 Å². The van der Waals surface area contributed by atoms with E-state index in [2.05, 4.69) is 398 Å². The van der Waals surface area contributed by atoms with Crippen molar-refractivity contribution in [2.45, 2.75) is 78.6 Å².